The molecule has 2 N–H and O–H groups in total. The minimum absolute atomic E-state index is 0.186. The fourth-order valence-corrected chi connectivity index (χ4v) is 2.50. The van der Waals surface area contributed by atoms with E-state index < -0.39 is 0 Å². The van der Waals surface area contributed by atoms with Crippen LogP contribution in [0.5, 0.6) is 0 Å². The molecule has 1 heterocycles. The summed E-state index contributed by atoms with van der Waals surface area (Å²) in [6, 6.07) is -0.186. The van der Waals surface area contributed by atoms with Gasteiger partial charge in [0.25, 0.3) is 0 Å². The van der Waals surface area contributed by atoms with Crippen LogP contribution in [0, 0.1) is 5.92 Å². The Bertz CT molecular complexity index is 312. The monoisotopic (exact) mass is 269 g/mol. The molecule has 0 spiro atoms. The van der Waals surface area contributed by atoms with Crippen molar-refractivity contribution in [2.45, 2.75) is 46.1 Å². The number of hydrogen-bond acceptors (Lipinski definition) is 3. The second-order valence-electron chi connectivity index (χ2n) is 5.44. The van der Waals surface area contributed by atoms with Gasteiger partial charge in [-0.05, 0) is 12.3 Å². The van der Waals surface area contributed by atoms with Crippen molar-refractivity contribution in [3.8, 4) is 0 Å². The van der Waals surface area contributed by atoms with Crippen molar-refractivity contribution in [2.75, 3.05) is 26.2 Å². The zero-order valence-electron chi connectivity index (χ0n) is 12.4. The van der Waals surface area contributed by atoms with Gasteiger partial charge in [0.2, 0.25) is 11.8 Å². The fraction of sp³-hybridized carbons (Fsp3) is 0.857. The molecule has 5 nitrogen and oxygen atoms in total. The molecule has 0 aliphatic carbocycles. The Morgan fingerprint density at radius 2 is 1.74 bits per heavy atom. The highest BCUT2D eigenvalue weighted by molar-refractivity contribution is 5.80. The first-order valence-electron chi connectivity index (χ1n) is 7.30. The molecule has 1 fully saturated rings. The molecule has 1 aliphatic rings. The van der Waals surface area contributed by atoms with E-state index in [0.717, 1.165) is 25.9 Å². The van der Waals surface area contributed by atoms with Gasteiger partial charge in [0, 0.05) is 32.6 Å². The average molecular weight is 269 g/mol. The van der Waals surface area contributed by atoms with E-state index in [-0.39, 0.29) is 17.9 Å². The van der Waals surface area contributed by atoms with Gasteiger partial charge in [-0.25, -0.2) is 0 Å². The van der Waals surface area contributed by atoms with Gasteiger partial charge in [-0.2, -0.15) is 0 Å². The highest BCUT2D eigenvalue weighted by atomic mass is 16.2. The molecule has 2 amide bonds. The topological polar surface area (TPSA) is 66.6 Å². The zero-order valence-corrected chi connectivity index (χ0v) is 12.4. The quantitative estimate of drug-likeness (QED) is 0.776. The summed E-state index contributed by atoms with van der Waals surface area (Å²) >= 11 is 0. The van der Waals surface area contributed by atoms with Crippen LogP contribution in [0.1, 0.15) is 40.0 Å². The summed E-state index contributed by atoms with van der Waals surface area (Å²) in [6.07, 6.45) is 2.41. The van der Waals surface area contributed by atoms with Crippen molar-refractivity contribution in [3.05, 3.63) is 0 Å². The molecular formula is C14H27N3O2. The van der Waals surface area contributed by atoms with Crippen LogP contribution in [0.2, 0.25) is 0 Å². The van der Waals surface area contributed by atoms with E-state index in [9.17, 15) is 9.59 Å². The smallest absolute Gasteiger partial charge is 0.234 e. The van der Waals surface area contributed by atoms with Crippen LogP contribution in [-0.2, 0) is 9.59 Å². The Kier molecular flexibility index (Phi) is 6.28. The van der Waals surface area contributed by atoms with Gasteiger partial charge in [-0.1, -0.05) is 27.2 Å². The van der Waals surface area contributed by atoms with Gasteiger partial charge in [-0.15, -0.1) is 0 Å². The summed E-state index contributed by atoms with van der Waals surface area (Å²) in [5.74, 6) is 0.445. The van der Waals surface area contributed by atoms with Gasteiger partial charge < -0.3 is 10.6 Å². The van der Waals surface area contributed by atoms with Crippen molar-refractivity contribution in [1.29, 1.82) is 0 Å². The predicted molar refractivity (Wildman–Crippen MR) is 75.5 cm³/mol. The van der Waals surface area contributed by atoms with Crippen molar-refractivity contribution in [3.63, 3.8) is 0 Å². The summed E-state index contributed by atoms with van der Waals surface area (Å²) < 4.78 is 0. The van der Waals surface area contributed by atoms with Crippen LogP contribution < -0.4 is 5.73 Å². The lowest BCUT2D eigenvalue weighted by Crippen LogP contribution is -2.55. The lowest BCUT2D eigenvalue weighted by atomic mass is 9.97. The van der Waals surface area contributed by atoms with Crippen LogP contribution in [0.4, 0.5) is 0 Å². The highest BCUT2D eigenvalue weighted by Gasteiger charge is 2.29. The third kappa shape index (κ3) is 4.49. The Morgan fingerprint density at radius 1 is 1.16 bits per heavy atom. The summed E-state index contributed by atoms with van der Waals surface area (Å²) in [5, 5.41) is 0. The molecule has 19 heavy (non-hydrogen) atoms. The van der Waals surface area contributed by atoms with E-state index in [1.807, 2.05) is 11.8 Å². The molecule has 1 saturated heterocycles. The summed E-state index contributed by atoms with van der Waals surface area (Å²) in [7, 11) is 0. The van der Waals surface area contributed by atoms with Gasteiger partial charge in [0.05, 0.1) is 6.04 Å². The Hall–Kier alpha value is -1.10. The number of hydrogen-bond donors (Lipinski definition) is 1. The van der Waals surface area contributed by atoms with E-state index in [2.05, 4.69) is 18.7 Å². The van der Waals surface area contributed by atoms with Gasteiger partial charge in [-0.3, -0.25) is 14.5 Å². The Morgan fingerprint density at radius 3 is 2.16 bits per heavy atom. The third-order valence-electron chi connectivity index (χ3n) is 4.06. The molecule has 0 aromatic rings. The molecule has 0 bridgehead atoms. The molecule has 0 aromatic carbocycles. The van der Waals surface area contributed by atoms with Gasteiger partial charge in [0.15, 0.2) is 0 Å². The number of carbonyl (C=O) groups is 2. The highest BCUT2D eigenvalue weighted by Crippen LogP contribution is 2.16. The lowest BCUT2D eigenvalue weighted by Gasteiger charge is -2.38. The van der Waals surface area contributed by atoms with Gasteiger partial charge >= 0.3 is 0 Å². The van der Waals surface area contributed by atoms with E-state index >= 15 is 0 Å². The van der Waals surface area contributed by atoms with Crippen LogP contribution in [0.15, 0.2) is 0 Å². The SMILES string of the molecule is CCC(=O)N1CCN(C(CC(C)CC)C(N)=O)CC1. The number of carbonyl (C=O) groups excluding carboxylic acids is 2. The van der Waals surface area contributed by atoms with E-state index in [1.165, 1.54) is 0 Å². The van der Waals surface area contributed by atoms with Gasteiger partial charge in [0.1, 0.15) is 0 Å². The number of amides is 2. The minimum Gasteiger partial charge on any atom is -0.368 e. The van der Waals surface area contributed by atoms with Crippen LogP contribution in [0.3, 0.4) is 0 Å². The maximum atomic E-state index is 11.6. The first-order chi connectivity index (χ1) is 8.99. The van der Waals surface area contributed by atoms with E-state index in [4.69, 9.17) is 5.73 Å². The number of primary amides is 1. The fourth-order valence-electron chi connectivity index (χ4n) is 2.50. The molecule has 0 saturated carbocycles. The predicted octanol–water partition coefficient (Wildman–Crippen LogP) is 0.831. The largest absolute Gasteiger partial charge is 0.368 e. The molecule has 2 atom stereocenters. The summed E-state index contributed by atoms with van der Waals surface area (Å²) in [4.78, 5) is 27.2. The maximum absolute atomic E-state index is 11.6. The zero-order chi connectivity index (χ0) is 14.4. The summed E-state index contributed by atoms with van der Waals surface area (Å²) in [5.41, 5.74) is 5.53. The molecular weight excluding hydrogens is 242 g/mol. The summed E-state index contributed by atoms with van der Waals surface area (Å²) in [6.45, 7) is 9.05. The molecule has 1 aliphatic heterocycles. The number of nitrogens with two attached hydrogens (primary N) is 1. The standard InChI is InChI=1S/C14H27N3O2/c1-4-11(3)10-12(14(15)19)16-6-8-17(9-7-16)13(18)5-2/h11-12H,4-10H2,1-3H3,(H2,15,19). The molecule has 0 radical (unpaired) electrons. The third-order valence-corrected chi connectivity index (χ3v) is 4.06. The Labute approximate surface area is 116 Å². The number of nitrogens with zero attached hydrogens (tertiary/aromatic N) is 2. The number of piperazine rings is 1. The van der Waals surface area contributed by atoms with Crippen molar-refractivity contribution < 1.29 is 9.59 Å². The second kappa shape index (κ2) is 7.48. The van der Waals surface area contributed by atoms with E-state index in [1.54, 1.807) is 0 Å². The molecule has 5 heteroatoms. The molecule has 110 valence electrons. The Balaban J connectivity index is 2.55. The van der Waals surface area contributed by atoms with E-state index in [0.29, 0.717) is 25.4 Å². The molecule has 1 rings (SSSR count). The second-order valence-corrected chi connectivity index (χ2v) is 5.44. The van der Waals surface area contributed by atoms with Crippen LogP contribution in [0.25, 0.3) is 0 Å². The minimum atomic E-state index is -0.240. The van der Waals surface area contributed by atoms with Crippen LogP contribution >= 0.6 is 0 Å². The first kappa shape index (κ1) is 16.0. The molecule has 2 unspecified atom stereocenters. The number of rotatable bonds is 6. The normalized spacial score (nSPS) is 20.1. The average Bonchev–Trinajstić information content (AvgIpc) is 2.43. The first-order valence-corrected chi connectivity index (χ1v) is 7.30. The van der Waals surface area contributed by atoms with Crippen molar-refractivity contribution >= 4 is 11.8 Å². The van der Waals surface area contributed by atoms with Crippen LogP contribution in [-0.4, -0.2) is 53.8 Å². The van der Waals surface area contributed by atoms with Crippen molar-refractivity contribution in [2.24, 2.45) is 11.7 Å². The molecule has 0 aromatic heterocycles. The lowest BCUT2D eigenvalue weighted by molar-refractivity contribution is -0.133. The maximum Gasteiger partial charge on any atom is 0.234 e. The van der Waals surface area contributed by atoms with Crippen molar-refractivity contribution in [1.82, 2.24) is 9.80 Å².